The number of amides is 1. The van der Waals surface area contributed by atoms with Crippen LogP contribution in [0.15, 0.2) is 48.1 Å². The van der Waals surface area contributed by atoms with Gasteiger partial charge >= 0.3 is 0 Å². The Balaban J connectivity index is 1.43. The van der Waals surface area contributed by atoms with E-state index in [4.69, 9.17) is 0 Å². The first-order valence-corrected chi connectivity index (χ1v) is 12.0. The van der Waals surface area contributed by atoms with Crippen molar-refractivity contribution in [3.8, 4) is 0 Å². The smallest absolute Gasteiger partial charge is 0.222 e. The molecular weight excluding hydrogens is 378 g/mol. The third kappa shape index (κ3) is 6.23. The number of benzene rings is 1. The molecule has 1 aromatic carbocycles. The first-order chi connectivity index (χ1) is 13.9. The van der Waals surface area contributed by atoms with Crippen molar-refractivity contribution >= 4 is 17.7 Å². The van der Waals surface area contributed by atoms with Crippen molar-refractivity contribution in [2.45, 2.75) is 45.1 Å². The Morgan fingerprint density at radius 2 is 2.17 bits per heavy atom. The summed E-state index contributed by atoms with van der Waals surface area (Å²) in [7, 11) is 3.63. The monoisotopic (exact) mass is 413 g/mol. The molecule has 0 spiro atoms. The number of thioether (sulfide) groups is 1. The van der Waals surface area contributed by atoms with Crippen LogP contribution in [0.2, 0.25) is 0 Å². The van der Waals surface area contributed by atoms with Gasteiger partial charge < -0.3 is 10.0 Å². The number of hydrogen-bond acceptors (Lipinski definition) is 3. The summed E-state index contributed by atoms with van der Waals surface area (Å²) in [5.74, 6) is 3.47. The van der Waals surface area contributed by atoms with E-state index in [2.05, 4.69) is 49.4 Å². The summed E-state index contributed by atoms with van der Waals surface area (Å²) in [6.07, 6.45) is 11.5. The maximum absolute atomic E-state index is 11.7. The second kappa shape index (κ2) is 10.5. The number of rotatable bonds is 9. The molecule has 0 aliphatic heterocycles. The lowest BCUT2D eigenvalue weighted by Crippen LogP contribution is -2.21. The number of aliphatic hydroxyl groups excluding tert-OH is 1. The van der Waals surface area contributed by atoms with E-state index in [1.807, 2.05) is 25.9 Å². The predicted octanol–water partition coefficient (Wildman–Crippen LogP) is 4.64. The molecule has 0 saturated heterocycles. The van der Waals surface area contributed by atoms with Gasteiger partial charge in [-0.2, -0.15) is 11.8 Å². The zero-order valence-corrected chi connectivity index (χ0v) is 18.8. The Morgan fingerprint density at radius 1 is 1.34 bits per heavy atom. The van der Waals surface area contributed by atoms with Crippen LogP contribution in [-0.4, -0.2) is 47.6 Å². The van der Waals surface area contributed by atoms with Crippen LogP contribution in [0, 0.1) is 24.7 Å². The van der Waals surface area contributed by atoms with Gasteiger partial charge in [0.05, 0.1) is 6.10 Å². The summed E-state index contributed by atoms with van der Waals surface area (Å²) in [6, 6.07) is 8.71. The van der Waals surface area contributed by atoms with Crippen LogP contribution in [0.5, 0.6) is 0 Å². The number of hydrogen-bond donors (Lipinski definition) is 1. The van der Waals surface area contributed by atoms with Crippen LogP contribution in [0.3, 0.4) is 0 Å². The van der Waals surface area contributed by atoms with Gasteiger partial charge in [-0.15, -0.1) is 0 Å². The molecule has 3 nitrogen and oxygen atoms in total. The molecule has 0 bridgehead atoms. The molecule has 1 aromatic rings. The fourth-order valence-corrected chi connectivity index (χ4v) is 5.61. The topological polar surface area (TPSA) is 40.5 Å². The highest BCUT2D eigenvalue weighted by Gasteiger charge is 2.43. The summed E-state index contributed by atoms with van der Waals surface area (Å²) in [4.78, 5) is 13.3. The van der Waals surface area contributed by atoms with Gasteiger partial charge in [0.15, 0.2) is 0 Å². The first-order valence-electron chi connectivity index (χ1n) is 10.8. The minimum Gasteiger partial charge on any atom is -0.392 e. The molecule has 0 radical (unpaired) electrons. The highest BCUT2D eigenvalue weighted by Crippen LogP contribution is 2.47. The molecule has 0 heterocycles. The molecule has 0 aromatic heterocycles. The van der Waals surface area contributed by atoms with Gasteiger partial charge in [0.25, 0.3) is 0 Å². The highest BCUT2D eigenvalue weighted by atomic mass is 32.2. The summed E-state index contributed by atoms with van der Waals surface area (Å²) < 4.78 is 0. The molecule has 0 unspecified atom stereocenters. The third-order valence-electron chi connectivity index (χ3n) is 6.24. The van der Waals surface area contributed by atoms with E-state index >= 15 is 0 Å². The zero-order valence-electron chi connectivity index (χ0n) is 18.0. The molecule has 2 aliphatic rings. The zero-order chi connectivity index (χ0) is 20.8. The Bertz CT molecular complexity index is 755. The van der Waals surface area contributed by atoms with Crippen molar-refractivity contribution < 1.29 is 9.90 Å². The van der Waals surface area contributed by atoms with Crippen molar-refractivity contribution in [3.05, 3.63) is 59.2 Å². The van der Waals surface area contributed by atoms with E-state index in [0.717, 1.165) is 37.2 Å². The second-order valence-electron chi connectivity index (χ2n) is 8.78. The van der Waals surface area contributed by atoms with Gasteiger partial charge in [-0.3, -0.25) is 4.79 Å². The SMILES string of the molecule is Cc1cccc(CC/C=C/[C@@H]2[C@H]3CC(CSCCC(=O)N(C)C)=C[C@H]3C[C@H]2O)c1. The van der Waals surface area contributed by atoms with Crippen LogP contribution in [0.4, 0.5) is 0 Å². The van der Waals surface area contributed by atoms with Crippen LogP contribution in [0.25, 0.3) is 0 Å². The van der Waals surface area contributed by atoms with Crippen molar-refractivity contribution in [2.24, 2.45) is 17.8 Å². The molecule has 1 saturated carbocycles. The lowest BCUT2D eigenvalue weighted by Gasteiger charge is -2.18. The average Bonchev–Trinajstić information content (AvgIpc) is 3.19. The first kappa shape index (κ1) is 22.2. The Morgan fingerprint density at radius 3 is 2.93 bits per heavy atom. The molecule has 4 atom stereocenters. The normalized spacial score (nSPS) is 26.0. The third-order valence-corrected chi connectivity index (χ3v) is 7.30. The summed E-state index contributed by atoms with van der Waals surface area (Å²) in [5.41, 5.74) is 4.20. The van der Waals surface area contributed by atoms with E-state index in [0.29, 0.717) is 18.3 Å². The van der Waals surface area contributed by atoms with Gasteiger partial charge in [0.1, 0.15) is 0 Å². The second-order valence-corrected chi connectivity index (χ2v) is 9.89. The van der Waals surface area contributed by atoms with E-state index < -0.39 is 0 Å². The summed E-state index contributed by atoms with van der Waals surface area (Å²) >= 11 is 1.86. The lowest BCUT2D eigenvalue weighted by molar-refractivity contribution is -0.128. The number of carbonyl (C=O) groups is 1. The van der Waals surface area contributed by atoms with Gasteiger partial charge in [-0.1, -0.05) is 53.6 Å². The van der Waals surface area contributed by atoms with Crippen molar-refractivity contribution in [1.82, 2.24) is 4.90 Å². The van der Waals surface area contributed by atoms with Crippen LogP contribution < -0.4 is 0 Å². The standard InChI is InChI=1S/C25H35NO2S/c1-18-7-6-9-19(13-18)8-4-5-10-22-23-15-20(14-21(23)16-24(22)27)17-29-12-11-25(28)26(2)3/h5-7,9-10,13-14,21-24,27H,4,8,11-12,15-17H2,1-3H3/b10-5+/t21-,22+,23-,24+/m0/s1. The van der Waals surface area contributed by atoms with Gasteiger partial charge in [0.2, 0.25) is 5.91 Å². The molecule has 1 N–H and O–H groups in total. The van der Waals surface area contributed by atoms with Crippen LogP contribution >= 0.6 is 11.8 Å². The fourth-order valence-electron chi connectivity index (χ4n) is 4.67. The van der Waals surface area contributed by atoms with Crippen molar-refractivity contribution in [3.63, 3.8) is 0 Å². The number of fused-ring (bicyclic) bond motifs is 1. The summed E-state index contributed by atoms with van der Waals surface area (Å²) in [5, 5.41) is 10.5. The molecule has 1 fully saturated rings. The Kier molecular flexibility index (Phi) is 8.02. The Labute approximate surface area is 180 Å². The van der Waals surface area contributed by atoms with E-state index in [1.165, 1.54) is 16.7 Å². The van der Waals surface area contributed by atoms with Crippen molar-refractivity contribution in [1.29, 1.82) is 0 Å². The lowest BCUT2D eigenvalue weighted by atomic mass is 9.89. The molecular formula is C25H35NO2S. The number of allylic oxidation sites excluding steroid dienone is 2. The van der Waals surface area contributed by atoms with E-state index in [-0.39, 0.29) is 17.9 Å². The minimum atomic E-state index is -0.205. The van der Waals surface area contributed by atoms with Gasteiger partial charge in [-0.25, -0.2) is 0 Å². The highest BCUT2D eigenvalue weighted by molar-refractivity contribution is 7.99. The maximum atomic E-state index is 11.7. The van der Waals surface area contributed by atoms with Gasteiger partial charge in [0, 0.05) is 37.9 Å². The molecule has 1 amide bonds. The average molecular weight is 414 g/mol. The number of nitrogens with zero attached hydrogens (tertiary/aromatic N) is 1. The molecule has 29 heavy (non-hydrogen) atoms. The predicted molar refractivity (Wildman–Crippen MR) is 123 cm³/mol. The quantitative estimate of drug-likeness (QED) is 0.474. The number of aryl methyl sites for hydroxylation is 2. The largest absolute Gasteiger partial charge is 0.392 e. The number of carbonyl (C=O) groups excluding carboxylic acids is 1. The molecule has 4 heteroatoms. The van der Waals surface area contributed by atoms with E-state index in [1.54, 1.807) is 4.90 Å². The minimum absolute atomic E-state index is 0.203. The van der Waals surface area contributed by atoms with Crippen LogP contribution in [-0.2, 0) is 11.2 Å². The molecule has 2 aliphatic carbocycles. The van der Waals surface area contributed by atoms with Gasteiger partial charge in [-0.05, 0) is 50.0 Å². The Hall–Kier alpha value is -1.52. The number of aliphatic hydroxyl groups is 1. The maximum Gasteiger partial charge on any atom is 0.222 e. The molecule has 3 rings (SSSR count). The van der Waals surface area contributed by atoms with Crippen LogP contribution in [0.1, 0.15) is 36.8 Å². The van der Waals surface area contributed by atoms with E-state index in [9.17, 15) is 9.90 Å². The van der Waals surface area contributed by atoms with Crippen molar-refractivity contribution in [2.75, 3.05) is 25.6 Å². The molecule has 158 valence electrons. The fraction of sp³-hybridized carbons (Fsp3) is 0.560. The summed E-state index contributed by atoms with van der Waals surface area (Å²) in [6.45, 7) is 2.14.